The van der Waals surface area contributed by atoms with Gasteiger partial charge in [-0.2, -0.15) is 0 Å². The van der Waals surface area contributed by atoms with Crippen molar-refractivity contribution in [1.29, 1.82) is 0 Å². The molecule has 1 amide bonds. The third-order valence-corrected chi connectivity index (χ3v) is 2.54. The number of carbonyl (C=O) groups excluding carboxylic acids is 1. The van der Waals surface area contributed by atoms with Crippen LogP contribution in [0.2, 0.25) is 0 Å². The quantitative estimate of drug-likeness (QED) is 0.822. The minimum atomic E-state index is -0.168. The summed E-state index contributed by atoms with van der Waals surface area (Å²) in [6.07, 6.45) is 0. The maximum Gasteiger partial charge on any atom is 0.241 e. The smallest absolute Gasteiger partial charge is 0.241 e. The summed E-state index contributed by atoms with van der Waals surface area (Å²) < 4.78 is 0. The van der Waals surface area contributed by atoms with Gasteiger partial charge in [0, 0.05) is 5.69 Å². The van der Waals surface area contributed by atoms with Crippen molar-refractivity contribution in [1.82, 2.24) is 5.32 Å². The van der Waals surface area contributed by atoms with Crippen molar-refractivity contribution < 1.29 is 4.79 Å². The average molecular weight is 234 g/mol. The molecule has 0 aromatic heterocycles. The van der Waals surface area contributed by atoms with Gasteiger partial charge >= 0.3 is 0 Å². The Morgan fingerprint density at radius 2 is 1.76 bits per heavy atom. The first-order valence-electron chi connectivity index (χ1n) is 6.10. The number of anilines is 1. The van der Waals surface area contributed by atoms with Gasteiger partial charge in [0.15, 0.2) is 0 Å². The standard InChI is InChI=1S/C14H22N2O/c1-10(2)9-15-12(4)14(17)16-13-7-5-11(3)6-8-13/h5-8,10,12,15H,9H2,1-4H3,(H,16,17). The molecule has 3 heteroatoms. The van der Waals surface area contributed by atoms with Crippen molar-refractivity contribution >= 4 is 11.6 Å². The predicted octanol–water partition coefficient (Wildman–Crippen LogP) is 2.57. The lowest BCUT2D eigenvalue weighted by atomic mass is 10.2. The molecule has 2 N–H and O–H groups in total. The minimum Gasteiger partial charge on any atom is -0.325 e. The van der Waals surface area contributed by atoms with Crippen LogP contribution in [0.1, 0.15) is 26.3 Å². The van der Waals surface area contributed by atoms with E-state index < -0.39 is 0 Å². The molecule has 3 nitrogen and oxygen atoms in total. The van der Waals surface area contributed by atoms with Gasteiger partial charge in [-0.3, -0.25) is 4.79 Å². The van der Waals surface area contributed by atoms with Crippen LogP contribution in [-0.2, 0) is 4.79 Å². The molecule has 0 radical (unpaired) electrons. The molecule has 0 saturated heterocycles. The van der Waals surface area contributed by atoms with Gasteiger partial charge in [-0.1, -0.05) is 31.5 Å². The van der Waals surface area contributed by atoms with E-state index in [2.05, 4.69) is 24.5 Å². The molecule has 1 aromatic rings. The van der Waals surface area contributed by atoms with Crippen molar-refractivity contribution in [2.75, 3.05) is 11.9 Å². The highest BCUT2D eigenvalue weighted by atomic mass is 16.2. The van der Waals surface area contributed by atoms with Crippen LogP contribution in [0.3, 0.4) is 0 Å². The molecule has 94 valence electrons. The first-order valence-corrected chi connectivity index (χ1v) is 6.10. The van der Waals surface area contributed by atoms with E-state index in [1.807, 2.05) is 38.1 Å². The Morgan fingerprint density at radius 1 is 1.18 bits per heavy atom. The van der Waals surface area contributed by atoms with E-state index in [0.717, 1.165) is 12.2 Å². The minimum absolute atomic E-state index is 0.00880. The third kappa shape index (κ3) is 5.00. The number of benzene rings is 1. The Labute approximate surface area is 104 Å². The zero-order valence-corrected chi connectivity index (χ0v) is 11.1. The molecule has 0 fully saturated rings. The largest absolute Gasteiger partial charge is 0.325 e. The lowest BCUT2D eigenvalue weighted by Crippen LogP contribution is -2.39. The highest BCUT2D eigenvalue weighted by Gasteiger charge is 2.12. The molecule has 1 unspecified atom stereocenters. The second kappa shape index (κ2) is 6.40. The van der Waals surface area contributed by atoms with Gasteiger partial charge in [-0.15, -0.1) is 0 Å². The summed E-state index contributed by atoms with van der Waals surface area (Å²) in [5.74, 6) is 0.555. The Bertz CT molecular complexity index is 357. The van der Waals surface area contributed by atoms with E-state index in [9.17, 15) is 4.79 Å². The Hall–Kier alpha value is -1.35. The van der Waals surface area contributed by atoms with Crippen molar-refractivity contribution in [3.63, 3.8) is 0 Å². The van der Waals surface area contributed by atoms with Gasteiger partial charge in [0.2, 0.25) is 5.91 Å². The number of carbonyl (C=O) groups is 1. The maximum absolute atomic E-state index is 11.8. The number of nitrogens with one attached hydrogen (secondary N) is 2. The van der Waals surface area contributed by atoms with Crippen LogP contribution in [0, 0.1) is 12.8 Å². The summed E-state index contributed by atoms with van der Waals surface area (Å²) in [4.78, 5) is 11.8. The summed E-state index contributed by atoms with van der Waals surface area (Å²) in [6, 6.07) is 7.65. The van der Waals surface area contributed by atoms with E-state index in [4.69, 9.17) is 0 Å². The lowest BCUT2D eigenvalue weighted by molar-refractivity contribution is -0.117. The molecular weight excluding hydrogens is 212 g/mol. The summed E-state index contributed by atoms with van der Waals surface area (Å²) >= 11 is 0. The summed E-state index contributed by atoms with van der Waals surface area (Å²) in [6.45, 7) is 9.00. The molecule has 1 rings (SSSR count). The van der Waals surface area contributed by atoms with Crippen molar-refractivity contribution in [2.45, 2.75) is 33.7 Å². The average Bonchev–Trinajstić information content (AvgIpc) is 2.28. The van der Waals surface area contributed by atoms with Gasteiger partial charge in [0.1, 0.15) is 0 Å². The summed E-state index contributed by atoms with van der Waals surface area (Å²) in [5, 5.41) is 6.09. The van der Waals surface area contributed by atoms with Gasteiger partial charge < -0.3 is 10.6 Å². The SMILES string of the molecule is Cc1ccc(NC(=O)C(C)NCC(C)C)cc1. The fraction of sp³-hybridized carbons (Fsp3) is 0.500. The third-order valence-electron chi connectivity index (χ3n) is 2.54. The molecule has 1 aromatic carbocycles. The van der Waals surface area contributed by atoms with Crippen LogP contribution in [0.15, 0.2) is 24.3 Å². The topological polar surface area (TPSA) is 41.1 Å². The number of hydrogen-bond acceptors (Lipinski definition) is 2. The van der Waals surface area contributed by atoms with Crippen molar-refractivity contribution in [3.8, 4) is 0 Å². The normalized spacial score (nSPS) is 12.5. The van der Waals surface area contributed by atoms with E-state index in [1.54, 1.807) is 0 Å². The van der Waals surface area contributed by atoms with E-state index in [-0.39, 0.29) is 11.9 Å². The van der Waals surface area contributed by atoms with Gasteiger partial charge in [-0.25, -0.2) is 0 Å². The molecule has 1 atom stereocenters. The second-order valence-electron chi connectivity index (χ2n) is 4.88. The Kier molecular flexibility index (Phi) is 5.16. The molecule has 0 aliphatic heterocycles. The number of aryl methyl sites for hydroxylation is 1. The lowest BCUT2D eigenvalue weighted by Gasteiger charge is -2.15. The van der Waals surface area contributed by atoms with Crippen LogP contribution in [0.5, 0.6) is 0 Å². The fourth-order valence-electron chi connectivity index (χ4n) is 1.39. The highest BCUT2D eigenvalue weighted by molar-refractivity contribution is 5.94. The number of amides is 1. The molecule has 0 heterocycles. The predicted molar refractivity (Wildman–Crippen MR) is 72.1 cm³/mol. The molecule has 0 spiro atoms. The molecule has 0 bridgehead atoms. The first-order chi connectivity index (χ1) is 7.99. The highest BCUT2D eigenvalue weighted by Crippen LogP contribution is 2.08. The fourth-order valence-corrected chi connectivity index (χ4v) is 1.39. The monoisotopic (exact) mass is 234 g/mol. The van der Waals surface area contributed by atoms with Crippen LogP contribution in [0.4, 0.5) is 5.69 Å². The Balaban J connectivity index is 2.45. The van der Waals surface area contributed by atoms with E-state index >= 15 is 0 Å². The zero-order valence-electron chi connectivity index (χ0n) is 11.1. The number of rotatable bonds is 5. The first kappa shape index (κ1) is 13.7. The molecule has 17 heavy (non-hydrogen) atoms. The molecule has 0 saturated carbocycles. The van der Waals surface area contributed by atoms with Gasteiger partial charge in [0.25, 0.3) is 0 Å². The van der Waals surface area contributed by atoms with E-state index in [0.29, 0.717) is 5.92 Å². The van der Waals surface area contributed by atoms with Crippen LogP contribution in [-0.4, -0.2) is 18.5 Å². The van der Waals surface area contributed by atoms with Gasteiger partial charge in [-0.05, 0) is 38.4 Å². The molecule has 0 aliphatic rings. The van der Waals surface area contributed by atoms with Crippen molar-refractivity contribution in [3.05, 3.63) is 29.8 Å². The summed E-state index contributed by atoms with van der Waals surface area (Å²) in [5.41, 5.74) is 2.03. The van der Waals surface area contributed by atoms with Crippen LogP contribution < -0.4 is 10.6 Å². The Morgan fingerprint density at radius 3 is 2.29 bits per heavy atom. The zero-order chi connectivity index (χ0) is 12.8. The second-order valence-corrected chi connectivity index (χ2v) is 4.88. The van der Waals surface area contributed by atoms with Crippen LogP contribution >= 0.6 is 0 Å². The molecule has 0 aliphatic carbocycles. The van der Waals surface area contributed by atoms with Gasteiger partial charge in [0.05, 0.1) is 6.04 Å². The van der Waals surface area contributed by atoms with Crippen LogP contribution in [0.25, 0.3) is 0 Å². The number of hydrogen-bond donors (Lipinski definition) is 2. The molecular formula is C14H22N2O. The summed E-state index contributed by atoms with van der Waals surface area (Å²) in [7, 11) is 0. The maximum atomic E-state index is 11.8. The van der Waals surface area contributed by atoms with Crippen molar-refractivity contribution in [2.24, 2.45) is 5.92 Å². The van der Waals surface area contributed by atoms with E-state index in [1.165, 1.54) is 5.56 Å².